The predicted molar refractivity (Wildman–Crippen MR) is 81.3 cm³/mol. The van der Waals surface area contributed by atoms with Crippen molar-refractivity contribution in [3.05, 3.63) is 46.2 Å². The van der Waals surface area contributed by atoms with Crippen molar-refractivity contribution in [1.82, 2.24) is 9.78 Å². The summed E-state index contributed by atoms with van der Waals surface area (Å²) in [6.07, 6.45) is 2.69. The third-order valence-corrected chi connectivity index (χ3v) is 3.76. The highest BCUT2D eigenvalue weighted by Gasteiger charge is 2.20. The first-order valence-electron chi connectivity index (χ1n) is 6.69. The van der Waals surface area contributed by atoms with E-state index in [4.69, 9.17) is 22.1 Å². The minimum absolute atomic E-state index is 0.308. The van der Waals surface area contributed by atoms with Gasteiger partial charge in [-0.3, -0.25) is 4.68 Å². The van der Waals surface area contributed by atoms with E-state index in [1.165, 1.54) is 0 Å². The molecule has 0 bridgehead atoms. The van der Waals surface area contributed by atoms with E-state index >= 15 is 0 Å². The number of halogens is 1. The van der Waals surface area contributed by atoms with E-state index < -0.39 is 0 Å². The normalized spacial score (nSPS) is 12.4. The second-order valence-electron chi connectivity index (χ2n) is 4.81. The van der Waals surface area contributed by atoms with Gasteiger partial charge in [-0.25, -0.2) is 0 Å². The lowest BCUT2D eigenvalue weighted by molar-refractivity contribution is 0.404. The van der Waals surface area contributed by atoms with Crippen LogP contribution in [0.2, 0.25) is 5.02 Å². The molecular formula is C15H20ClN3O. The fourth-order valence-corrected chi connectivity index (χ4v) is 2.39. The first kappa shape index (κ1) is 14.9. The van der Waals surface area contributed by atoms with Crippen molar-refractivity contribution in [2.24, 2.45) is 5.73 Å². The molecule has 4 nitrogen and oxygen atoms in total. The van der Waals surface area contributed by atoms with Gasteiger partial charge in [0.25, 0.3) is 0 Å². The monoisotopic (exact) mass is 293 g/mol. The molecule has 2 aromatic rings. The molecule has 0 aliphatic carbocycles. The Kier molecular flexibility index (Phi) is 4.68. The maximum atomic E-state index is 6.39. The van der Waals surface area contributed by atoms with Gasteiger partial charge in [0.05, 0.1) is 19.3 Å². The summed E-state index contributed by atoms with van der Waals surface area (Å²) in [5, 5.41) is 5.06. The topological polar surface area (TPSA) is 53.1 Å². The van der Waals surface area contributed by atoms with Crippen LogP contribution in [0, 0.1) is 6.92 Å². The number of nitrogens with two attached hydrogens (primary N) is 1. The Morgan fingerprint density at radius 2 is 2.20 bits per heavy atom. The van der Waals surface area contributed by atoms with Crippen LogP contribution in [0.3, 0.4) is 0 Å². The molecule has 0 saturated carbocycles. The van der Waals surface area contributed by atoms with E-state index in [9.17, 15) is 0 Å². The molecule has 1 unspecified atom stereocenters. The minimum atomic E-state index is -0.308. The maximum Gasteiger partial charge on any atom is 0.161 e. The Morgan fingerprint density at radius 1 is 1.45 bits per heavy atom. The van der Waals surface area contributed by atoms with Gasteiger partial charge in [0.2, 0.25) is 0 Å². The van der Waals surface area contributed by atoms with Crippen LogP contribution in [-0.2, 0) is 6.54 Å². The lowest BCUT2D eigenvalue weighted by Gasteiger charge is -2.16. The molecule has 2 N–H and O–H groups in total. The molecule has 20 heavy (non-hydrogen) atoms. The highest BCUT2D eigenvalue weighted by molar-refractivity contribution is 6.31. The summed E-state index contributed by atoms with van der Waals surface area (Å²) >= 11 is 6.18. The van der Waals surface area contributed by atoms with Gasteiger partial charge in [-0.05, 0) is 30.5 Å². The third-order valence-electron chi connectivity index (χ3n) is 3.35. The number of benzene rings is 1. The van der Waals surface area contributed by atoms with E-state index in [2.05, 4.69) is 12.0 Å². The molecule has 1 heterocycles. The fourth-order valence-electron chi connectivity index (χ4n) is 2.20. The van der Waals surface area contributed by atoms with Gasteiger partial charge < -0.3 is 10.5 Å². The summed E-state index contributed by atoms with van der Waals surface area (Å²) < 4.78 is 7.27. The number of aryl methyl sites for hydroxylation is 2. The summed E-state index contributed by atoms with van der Waals surface area (Å²) in [7, 11) is 1.63. The van der Waals surface area contributed by atoms with Gasteiger partial charge in [0.1, 0.15) is 5.69 Å². The zero-order valence-corrected chi connectivity index (χ0v) is 12.8. The molecule has 0 aliphatic heterocycles. The summed E-state index contributed by atoms with van der Waals surface area (Å²) in [4.78, 5) is 0. The molecule has 1 aromatic carbocycles. The average molecular weight is 294 g/mol. The van der Waals surface area contributed by atoms with Gasteiger partial charge >= 0.3 is 0 Å². The molecule has 0 saturated heterocycles. The number of aromatic nitrogens is 2. The smallest absolute Gasteiger partial charge is 0.161 e. The molecule has 2 rings (SSSR count). The molecular weight excluding hydrogens is 274 g/mol. The molecule has 0 amide bonds. The van der Waals surface area contributed by atoms with Crippen LogP contribution in [0.15, 0.2) is 24.4 Å². The summed E-state index contributed by atoms with van der Waals surface area (Å²) in [6.45, 7) is 4.89. The third kappa shape index (κ3) is 2.81. The quantitative estimate of drug-likeness (QED) is 0.920. The Labute approximate surface area is 124 Å². The number of rotatable bonds is 5. The van der Waals surface area contributed by atoms with E-state index in [0.29, 0.717) is 5.75 Å². The van der Waals surface area contributed by atoms with E-state index in [1.54, 1.807) is 13.3 Å². The molecule has 0 spiro atoms. The van der Waals surface area contributed by atoms with Gasteiger partial charge in [-0.1, -0.05) is 30.7 Å². The molecule has 108 valence electrons. The van der Waals surface area contributed by atoms with Crippen molar-refractivity contribution in [2.45, 2.75) is 32.9 Å². The zero-order valence-electron chi connectivity index (χ0n) is 12.1. The van der Waals surface area contributed by atoms with Crippen molar-refractivity contribution in [3.8, 4) is 5.75 Å². The fraction of sp³-hybridized carbons (Fsp3) is 0.400. The van der Waals surface area contributed by atoms with Gasteiger partial charge in [0.15, 0.2) is 5.75 Å². The van der Waals surface area contributed by atoms with Crippen molar-refractivity contribution in [1.29, 1.82) is 0 Å². The Bertz CT molecular complexity index is 595. The van der Waals surface area contributed by atoms with Gasteiger partial charge in [-0.15, -0.1) is 0 Å². The van der Waals surface area contributed by atoms with E-state index in [-0.39, 0.29) is 6.04 Å². The lowest BCUT2D eigenvalue weighted by Crippen LogP contribution is -2.18. The van der Waals surface area contributed by atoms with Crippen molar-refractivity contribution in [3.63, 3.8) is 0 Å². The standard InChI is InChI=1S/C15H20ClN3O/c1-4-7-19-15(13(20-3)9-18-19)14(17)11-6-5-10(2)12(16)8-11/h5-6,8-9,14H,4,7,17H2,1-3H3. The van der Waals surface area contributed by atoms with Crippen LogP contribution >= 0.6 is 11.6 Å². The average Bonchev–Trinajstić information content (AvgIpc) is 2.84. The highest BCUT2D eigenvalue weighted by atomic mass is 35.5. The first-order chi connectivity index (χ1) is 9.58. The van der Waals surface area contributed by atoms with Crippen molar-refractivity contribution < 1.29 is 4.74 Å². The van der Waals surface area contributed by atoms with E-state index in [1.807, 2.05) is 29.8 Å². The van der Waals surface area contributed by atoms with Crippen molar-refractivity contribution in [2.75, 3.05) is 7.11 Å². The van der Waals surface area contributed by atoms with Gasteiger partial charge in [-0.2, -0.15) is 5.10 Å². The van der Waals surface area contributed by atoms with Crippen LogP contribution in [-0.4, -0.2) is 16.9 Å². The lowest BCUT2D eigenvalue weighted by atomic mass is 10.0. The molecule has 0 fully saturated rings. The molecule has 0 radical (unpaired) electrons. The minimum Gasteiger partial charge on any atom is -0.493 e. The Morgan fingerprint density at radius 3 is 2.80 bits per heavy atom. The highest BCUT2D eigenvalue weighted by Crippen LogP contribution is 2.30. The van der Waals surface area contributed by atoms with Crippen LogP contribution in [0.5, 0.6) is 5.75 Å². The molecule has 5 heteroatoms. The molecule has 0 aliphatic rings. The number of ether oxygens (including phenoxy) is 1. The number of hydrogen-bond donors (Lipinski definition) is 1. The molecule has 1 atom stereocenters. The zero-order chi connectivity index (χ0) is 14.7. The van der Waals surface area contributed by atoms with Gasteiger partial charge in [0, 0.05) is 11.6 Å². The second kappa shape index (κ2) is 6.29. The number of methoxy groups -OCH3 is 1. The van der Waals surface area contributed by atoms with E-state index in [0.717, 1.165) is 34.8 Å². The summed E-state index contributed by atoms with van der Waals surface area (Å²) in [6, 6.07) is 5.57. The summed E-state index contributed by atoms with van der Waals surface area (Å²) in [5.74, 6) is 0.711. The number of nitrogens with zero attached hydrogens (tertiary/aromatic N) is 2. The first-order valence-corrected chi connectivity index (χ1v) is 7.07. The Hall–Kier alpha value is -1.52. The maximum absolute atomic E-state index is 6.39. The van der Waals surface area contributed by atoms with Crippen LogP contribution in [0.4, 0.5) is 0 Å². The second-order valence-corrected chi connectivity index (χ2v) is 5.21. The Balaban J connectivity index is 2.43. The SMILES string of the molecule is CCCn1ncc(OC)c1C(N)c1ccc(C)c(Cl)c1. The summed E-state index contributed by atoms with van der Waals surface area (Å²) in [5.41, 5.74) is 9.27. The van der Waals surface area contributed by atoms with Crippen LogP contribution < -0.4 is 10.5 Å². The van der Waals surface area contributed by atoms with Crippen molar-refractivity contribution >= 4 is 11.6 Å². The van der Waals surface area contributed by atoms with Crippen LogP contribution in [0.25, 0.3) is 0 Å². The predicted octanol–water partition coefficient (Wildman–Crippen LogP) is 3.31. The molecule has 1 aromatic heterocycles. The largest absolute Gasteiger partial charge is 0.493 e. The van der Waals surface area contributed by atoms with Crippen LogP contribution in [0.1, 0.15) is 36.2 Å². The number of hydrogen-bond acceptors (Lipinski definition) is 3.